The van der Waals surface area contributed by atoms with Gasteiger partial charge in [0.1, 0.15) is 16.9 Å². The van der Waals surface area contributed by atoms with Gasteiger partial charge in [0.05, 0.1) is 5.69 Å². The molecule has 0 saturated heterocycles. The van der Waals surface area contributed by atoms with E-state index in [2.05, 4.69) is 10.4 Å². The van der Waals surface area contributed by atoms with Gasteiger partial charge >= 0.3 is 6.18 Å². The number of rotatable bonds is 6. The number of nitrogens with one attached hydrogen (secondary N) is 1. The molecule has 0 aliphatic heterocycles. The number of thioether (sulfide) groups is 1. The average molecular weight is 504 g/mol. The van der Waals surface area contributed by atoms with Crippen molar-refractivity contribution < 1.29 is 31.1 Å². The fraction of sp³-hybridized carbons (Fsp3) is 0.565. The monoisotopic (exact) mass is 503 g/mol. The van der Waals surface area contributed by atoms with E-state index in [-0.39, 0.29) is 31.5 Å². The Bertz CT molecular complexity index is 1150. The SMILES string of the molecule is CSc1cccc(NC(=O)c2c(C(F)(F)F)c(C34CC(F)(C3)C4)nn2CC2(C)CC(F)(F)C2)c1. The fourth-order valence-electron chi connectivity index (χ4n) is 5.92. The van der Waals surface area contributed by atoms with Crippen molar-refractivity contribution in [3.63, 3.8) is 0 Å². The number of halogens is 6. The minimum Gasteiger partial charge on any atom is -0.321 e. The van der Waals surface area contributed by atoms with Gasteiger partial charge in [-0.05, 0) is 49.1 Å². The summed E-state index contributed by atoms with van der Waals surface area (Å²) in [6.07, 6.45) is -4.35. The molecule has 4 saturated carbocycles. The Labute approximate surface area is 196 Å². The molecule has 4 nitrogen and oxygen atoms in total. The predicted molar refractivity (Wildman–Crippen MR) is 115 cm³/mol. The Morgan fingerprint density at radius 2 is 1.79 bits per heavy atom. The molecule has 6 rings (SSSR count). The molecule has 4 fully saturated rings. The minimum atomic E-state index is -4.93. The van der Waals surface area contributed by atoms with Gasteiger partial charge in [0, 0.05) is 35.4 Å². The van der Waals surface area contributed by atoms with Gasteiger partial charge < -0.3 is 5.32 Å². The lowest BCUT2D eigenvalue weighted by atomic mass is 9.41. The van der Waals surface area contributed by atoms with E-state index in [9.17, 15) is 31.1 Å². The Morgan fingerprint density at radius 1 is 1.15 bits per heavy atom. The molecule has 0 spiro atoms. The van der Waals surface area contributed by atoms with E-state index < -0.39 is 58.6 Å². The summed E-state index contributed by atoms with van der Waals surface area (Å²) in [4.78, 5) is 14.0. The third-order valence-corrected chi connectivity index (χ3v) is 7.87. The summed E-state index contributed by atoms with van der Waals surface area (Å²) >= 11 is 1.40. The fourth-order valence-corrected chi connectivity index (χ4v) is 6.38. The van der Waals surface area contributed by atoms with Gasteiger partial charge in [-0.2, -0.15) is 18.3 Å². The molecular formula is C23H23F6N3OS. The van der Waals surface area contributed by atoms with Gasteiger partial charge in [0.2, 0.25) is 5.92 Å². The Hall–Kier alpha value is -2.17. The molecule has 0 radical (unpaired) electrons. The first-order valence-electron chi connectivity index (χ1n) is 10.9. The average Bonchev–Trinajstić information content (AvgIpc) is 3.02. The number of alkyl halides is 6. The van der Waals surface area contributed by atoms with Crippen LogP contribution in [0.5, 0.6) is 0 Å². The predicted octanol–water partition coefficient (Wildman–Crippen LogP) is 6.46. The van der Waals surface area contributed by atoms with Gasteiger partial charge in [-0.25, -0.2) is 13.2 Å². The third-order valence-electron chi connectivity index (χ3n) is 7.15. The van der Waals surface area contributed by atoms with Gasteiger partial charge in [0.25, 0.3) is 5.91 Å². The van der Waals surface area contributed by atoms with Gasteiger partial charge in [-0.3, -0.25) is 9.48 Å². The first kappa shape index (κ1) is 23.6. The summed E-state index contributed by atoms with van der Waals surface area (Å²) in [6.45, 7) is 1.27. The lowest BCUT2D eigenvalue weighted by Crippen LogP contribution is -2.67. The summed E-state index contributed by atoms with van der Waals surface area (Å²) in [5.74, 6) is -3.92. The zero-order valence-corrected chi connectivity index (χ0v) is 19.3. The lowest BCUT2D eigenvalue weighted by Gasteiger charge is -2.65. The number of carbonyl (C=O) groups is 1. The molecule has 184 valence electrons. The van der Waals surface area contributed by atoms with E-state index in [0.717, 1.165) is 9.58 Å². The largest absolute Gasteiger partial charge is 0.420 e. The number of benzene rings is 1. The van der Waals surface area contributed by atoms with Gasteiger partial charge in [-0.1, -0.05) is 13.0 Å². The molecular weight excluding hydrogens is 480 g/mol. The van der Waals surface area contributed by atoms with Crippen LogP contribution in [0, 0.1) is 5.41 Å². The molecule has 34 heavy (non-hydrogen) atoms. The second kappa shape index (κ2) is 7.18. The van der Waals surface area contributed by atoms with E-state index in [1.807, 2.05) is 6.26 Å². The van der Waals surface area contributed by atoms with Crippen LogP contribution in [0.25, 0.3) is 0 Å². The molecule has 2 bridgehead atoms. The molecule has 1 aromatic carbocycles. The maximum Gasteiger partial charge on any atom is 0.420 e. The molecule has 1 heterocycles. The second-order valence-corrected chi connectivity index (χ2v) is 11.3. The number of hydrogen-bond acceptors (Lipinski definition) is 3. The Morgan fingerprint density at radius 3 is 2.32 bits per heavy atom. The van der Waals surface area contributed by atoms with Gasteiger partial charge in [0.15, 0.2) is 0 Å². The number of aromatic nitrogens is 2. The van der Waals surface area contributed by atoms with Crippen LogP contribution in [-0.4, -0.2) is 33.5 Å². The normalized spacial score (nSPS) is 28.5. The van der Waals surface area contributed by atoms with Crippen molar-refractivity contribution in [3.05, 3.63) is 41.2 Å². The molecule has 4 aliphatic carbocycles. The van der Waals surface area contributed by atoms with E-state index in [1.54, 1.807) is 31.2 Å². The van der Waals surface area contributed by atoms with Crippen LogP contribution in [0.2, 0.25) is 0 Å². The van der Waals surface area contributed by atoms with Gasteiger partial charge in [-0.15, -0.1) is 11.8 Å². The first-order chi connectivity index (χ1) is 15.7. The topological polar surface area (TPSA) is 46.9 Å². The molecule has 2 aromatic rings. The van der Waals surface area contributed by atoms with Crippen molar-refractivity contribution in [3.8, 4) is 0 Å². The maximum atomic E-state index is 14.3. The van der Waals surface area contributed by atoms with Crippen LogP contribution in [-0.2, 0) is 18.1 Å². The van der Waals surface area contributed by atoms with Crippen molar-refractivity contribution in [1.29, 1.82) is 0 Å². The van der Waals surface area contributed by atoms with Crippen molar-refractivity contribution in [1.82, 2.24) is 9.78 Å². The standard InChI is InChI=1S/C23H23F6N3OS/c1-19(7-22(25,26)8-19)12-32-16(18(33)30-13-4-3-5-14(6-13)34-2)15(23(27,28)29)17(31-32)20-9-21(24,10-20)11-20/h3-6H,7-12H2,1-2H3,(H,30,33). The molecule has 0 unspecified atom stereocenters. The highest BCUT2D eigenvalue weighted by Gasteiger charge is 2.72. The van der Waals surface area contributed by atoms with Crippen LogP contribution in [0.4, 0.5) is 32.0 Å². The van der Waals surface area contributed by atoms with Crippen LogP contribution in [0.15, 0.2) is 29.2 Å². The summed E-state index contributed by atoms with van der Waals surface area (Å²) < 4.78 is 85.3. The summed E-state index contributed by atoms with van der Waals surface area (Å²) in [5, 5.41) is 6.68. The maximum absolute atomic E-state index is 14.3. The highest BCUT2D eigenvalue weighted by molar-refractivity contribution is 7.98. The molecule has 1 amide bonds. The van der Waals surface area contributed by atoms with Crippen LogP contribution >= 0.6 is 11.8 Å². The van der Waals surface area contributed by atoms with Crippen molar-refractivity contribution >= 4 is 23.4 Å². The number of hydrogen-bond donors (Lipinski definition) is 1. The first-order valence-corrected chi connectivity index (χ1v) is 12.1. The highest BCUT2D eigenvalue weighted by Crippen LogP contribution is 2.70. The number of amides is 1. The summed E-state index contributed by atoms with van der Waals surface area (Å²) in [6, 6.07) is 6.62. The second-order valence-electron chi connectivity index (χ2n) is 10.4. The molecule has 0 atom stereocenters. The van der Waals surface area contributed by atoms with E-state index in [0.29, 0.717) is 5.69 Å². The lowest BCUT2D eigenvalue weighted by molar-refractivity contribution is -0.170. The molecule has 1 N–H and O–H groups in total. The number of anilines is 1. The van der Waals surface area contributed by atoms with Crippen LogP contribution in [0.1, 0.15) is 60.8 Å². The van der Waals surface area contributed by atoms with Crippen LogP contribution in [0.3, 0.4) is 0 Å². The smallest absolute Gasteiger partial charge is 0.321 e. The van der Waals surface area contributed by atoms with Crippen molar-refractivity contribution in [2.24, 2.45) is 5.41 Å². The van der Waals surface area contributed by atoms with Crippen molar-refractivity contribution in [2.45, 2.75) is 73.7 Å². The van der Waals surface area contributed by atoms with E-state index in [4.69, 9.17) is 0 Å². The summed E-state index contributed by atoms with van der Waals surface area (Å²) in [7, 11) is 0. The third kappa shape index (κ3) is 3.79. The quantitative estimate of drug-likeness (QED) is 0.364. The molecule has 11 heteroatoms. The zero-order valence-electron chi connectivity index (χ0n) is 18.5. The molecule has 1 aromatic heterocycles. The Kier molecular flexibility index (Phi) is 4.97. The van der Waals surface area contributed by atoms with Crippen molar-refractivity contribution in [2.75, 3.05) is 11.6 Å². The zero-order chi connectivity index (χ0) is 24.7. The molecule has 4 aliphatic rings. The minimum absolute atomic E-state index is 0.0771. The van der Waals surface area contributed by atoms with E-state index >= 15 is 0 Å². The van der Waals surface area contributed by atoms with E-state index in [1.165, 1.54) is 11.8 Å². The summed E-state index contributed by atoms with van der Waals surface area (Å²) in [5.41, 5.74) is -5.51. The number of carbonyl (C=O) groups excluding carboxylic acids is 1. The van der Waals surface area contributed by atoms with Crippen LogP contribution < -0.4 is 5.32 Å². The highest BCUT2D eigenvalue weighted by atomic mass is 32.2. The number of nitrogens with zero attached hydrogens (tertiary/aromatic N) is 2. The Balaban J connectivity index is 1.57.